The normalized spacial score (nSPS) is 20.1. The molecule has 0 N–H and O–H groups in total. The summed E-state index contributed by atoms with van der Waals surface area (Å²) >= 11 is 1.75. The maximum absolute atomic E-state index is 13.2. The summed E-state index contributed by atoms with van der Waals surface area (Å²) in [5.41, 5.74) is 0.146. The highest BCUT2D eigenvalue weighted by Crippen LogP contribution is 2.31. The Morgan fingerprint density at radius 2 is 1.89 bits per heavy atom. The largest absolute Gasteiger partial charge is 0.310 e. The third-order valence-electron chi connectivity index (χ3n) is 2.77. The van der Waals surface area contributed by atoms with Crippen molar-refractivity contribution in [2.45, 2.75) is 11.7 Å². The lowest BCUT2D eigenvalue weighted by molar-refractivity contribution is -0.117. The van der Waals surface area contributed by atoms with Crippen LogP contribution in [0, 0.1) is 15.2 Å². The molecule has 1 aromatic rings. The van der Waals surface area contributed by atoms with E-state index in [4.69, 9.17) is 10.7 Å². The van der Waals surface area contributed by atoms with E-state index in [2.05, 4.69) is 0 Å². The number of benzene rings is 1. The van der Waals surface area contributed by atoms with Crippen LogP contribution in [0.5, 0.6) is 0 Å². The molecule has 1 aliphatic heterocycles. The van der Waals surface area contributed by atoms with Gasteiger partial charge in [-0.05, 0) is 28.7 Å². The van der Waals surface area contributed by atoms with E-state index < -0.39 is 31.8 Å². The monoisotopic (exact) mass is 421 g/mol. The molecule has 1 fully saturated rings. The van der Waals surface area contributed by atoms with Gasteiger partial charge in [0.15, 0.2) is 11.6 Å². The Hall–Kier alpha value is -0.480. The number of hydrogen-bond acceptors (Lipinski definition) is 3. The average molecular weight is 422 g/mol. The van der Waals surface area contributed by atoms with E-state index in [0.29, 0.717) is 3.57 Å². The number of amides is 1. The molecular formula is C10H7ClF2INO3S. The minimum atomic E-state index is -3.87. The Morgan fingerprint density at radius 3 is 2.42 bits per heavy atom. The summed E-state index contributed by atoms with van der Waals surface area (Å²) in [7, 11) is 1.34. The Balaban J connectivity index is 2.39. The highest BCUT2D eigenvalue weighted by Gasteiger charge is 2.38. The highest BCUT2D eigenvalue weighted by atomic mass is 127. The first-order valence-electron chi connectivity index (χ1n) is 5.08. The number of rotatable bonds is 2. The molecule has 2 rings (SSSR count). The summed E-state index contributed by atoms with van der Waals surface area (Å²) in [5, 5.41) is -1.04. The van der Waals surface area contributed by atoms with E-state index in [0.717, 1.165) is 17.0 Å². The summed E-state index contributed by atoms with van der Waals surface area (Å²) in [5.74, 6) is -2.61. The molecule has 1 aliphatic rings. The van der Waals surface area contributed by atoms with Crippen molar-refractivity contribution in [2.24, 2.45) is 0 Å². The second kappa shape index (κ2) is 5.13. The molecular weight excluding hydrogens is 415 g/mol. The Morgan fingerprint density at radius 1 is 1.32 bits per heavy atom. The zero-order valence-corrected chi connectivity index (χ0v) is 13.0. The number of anilines is 1. The molecule has 0 saturated carbocycles. The molecule has 1 atom stereocenters. The maximum atomic E-state index is 13.2. The van der Waals surface area contributed by atoms with Crippen molar-refractivity contribution < 1.29 is 22.0 Å². The van der Waals surface area contributed by atoms with Gasteiger partial charge in [-0.1, -0.05) is 0 Å². The van der Waals surface area contributed by atoms with E-state index in [-0.39, 0.29) is 18.7 Å². The van der Waals surface area contributed by atoms with Gasteiger partial charge in [0.25, 0.3) is 0 Å². The minimum Gasteiger partial charge on any atom is -0.310 e. The van der Waals surface area contributed by atoms with Crippen molar-refractivity contribution in [1.82, 2.24) is 0 Å². The molecule has 1 unspecified atom stereocenters. The molecule has 19 heavy (non-hydrogen) atoms. The van der Waals surface area contributed by atoms with Gasteiger partial charge in [0.05, 0.1) is 5.69 Å². The van der Waals surface area contributed by atoms with Crippen LogP contribution in [0.25, 0.3) is 0 Å². The molecule has 1 saturated heterocycles. The predicted octanol–water partition coefficient (Wildman–Crippen LogP) is 2.24. The van der Waals surface area contributed by atoms with Crippen molar-refractivity contribution in [1.29, 1.82) is 0 Å². The predicted molar refractivity (Wildman–Crippen MR) is 74.6 cm³/mol. The van der Waals surface area contributed by atoms with E-state index in [1.807, 2.05) is 0 Å². The Bertz CT molecular complexity index is 652. The third kappa shape index (κ3) is 3.00. The first-order valence-corrected chi connectivity index (χ1v) is 8.53. The van der Waals surface area contributed by atoms with Crippen LogP contribution < -0.4 is 4.90 Å². The van der Waals surface area contributed by atoms with Crippen molar-refractivity contribution in [3.05, 3.63) is 27.3 Å². The topological polar surface area (TPSA) is 54.5 Å². The van der Waals surface area contributed by atoms with Crippen molar-refractivity contribution in [3.8, 4) is 0 Å². The molecule has 0 aliphatic carbocycles. The molecule has 1 heterocycles. The van der Waals surface area contributed by atoms with Crippen LogP contribution in [0.4, 0.5) is 14.5 Å². The molecule has 0 aromatic heterocycles. The fraction of sp³-hybridized carbons (Fsp3) is 0.300. The second-order valence-corrected chi connectivity index (χ2v) is 8.09. The number of nitrogens with zero attached hydrogens (tertiary/aromatic N) is 1. The first-order chi connectivity index (χ1) is 8.70. The summed E-state index contributed by atoms with van der Waals surface area (Å²) in [4.78, 5) is 12.9. The molecule has 1 amide bonds. The van der Waals surface area contributed by atoms with Gasteiger partial charge >= 0.3 is 0 Å². The highest BCUT2D eigenvalue weighted by molar-refractivity contribution is 14.1. The fourth-order valence-electron chi connectivity index (χ4n) is 1.82. The lowest BCUT2D eigenvalue weighted by atomic mass is 10.3. The lowest BCUT2D eigenvalue weighted by Crippen LogP contribution is -2.27. The second-order valence-electron chi connectivity index (χ2n) is 4.02. The summed E-state index contributed by atoms with van der Waals surface area (Å²) < 4.78 is 49.0. The minimum absolute atomic E-state index is 0.146. The number of hydrogen-bond donors (Lipinski definition) is 0. The molecule has 104 valence electrons. The van der Waals surface area contributed by atoms with Crippen LogP contribution in [0.15, 0.2) is 12.1 Å². The van der Waals surface area contributed by atoms with Crippen LogP contribution in [0.2, 0.25) is 0 Å². The van der Waals surface area contributed by atoms with Gasteiger partial charge in [0, 0.05) is 33.3 Å². The lowest BCUT2D eigenvalue weighted by Gasteiger charge is -2.18. The van der Waals surface area contributed by atoms with Gasteiger partial charge in [0.2, 0.25) is 15.0 Å². The van der Waals surface area contributed by atoms with E-state index >= 15 is 0 Å². The molecule has 0 bridgehead atoms. The molecule has 0 radical (unpaired) electrons. The van der Waals surface area contributed by atoms with E-state index in [9.17, 15) is 22.0 Å². The fourth-order valence-corrected chi connectivity index (χ4v) is 3.56. The average Bonchev–Trinajstić information content (AvgIpc) is 2.65. The van der Waals surface area contributed by atoms with Gasteiger partial charge in [-0.2, -0.15) is 0 Å². The maximum Gasteiger partial charge on any atom is 0.237 e. The molecule has 1 aromatic carbocycles. The van der Waals surface area contributed by atoms with Gasteiger partial charge < -0.3 is 4.90 Å². The smallest absolute Gasteiger partial charge is 0.237 e. The van der Waals surface area contributed by atoms with Crippen LogP contribution in [-0.2, 0) is 13.8 Å². The standard InChI is InChI=1S/C10H7ClF2INO3S/c11-19(17,18)5-1-10(16)15(4-5)9-3-7(13)6(12)2-8(9)14/h2-3,5H,1,4H2. The van der Waals surface area contributed by atoms with Crippen molar-refractivity contribution in [2.75, 3.05) is 11.4 Å². The van der Waals surface area contributed by atoms with Crippen LogP contribution in [0.1, 0.15) is 6.42 Å². The zero-order valence-electron chi connectivity index (χ0n) is 9.24. The summed E-state index contributed by atoms with van der Waals surface area (Å²) in [6.07, 6.45) is -0.263. The molecule has 4 nitrogen and oxygen atoms in total. The number of carbonyl (C=O) groups excluding carboxylic acids is 1. The van der Waals surface area contributed by atoms with Crippen molar-refractivity contribution in [3.63, 3.8) is 0 Å². The first kappa shape index (κ1) is 14.9. The van der Waals surface area contributed by atoms with Gasteiger partial charge in [-0.25, -0.2) is 17.2 Å². The zero-order chi connectivity index (χ0) is 14.4. The third-order valence-corrected chi connectivity index (χ3v) is 5.50. The number of carbonyl (C=O) groups is 1. The molecule has 0 spiro atoms. The van der Waals surface area contributed by atoms with E-state index in [1.54, 1.807) is 22.6 Å². The molecule has 9 heteroatoms. The summed E-state index contributed by atoms with van der Waals surface area (Å²) in [6.45, 7) is -0.161. The van der Waals surface area contributed by atoms with Crippen LogP contribution in [-0.4, -0.2) is 26.1 Å². The number of halogens is 4. The SMILES string of the molecule is O=C1CC(S(=O)(=O)Cl)CN1c1cc(F)c(F)cc1I. The van der Waals surface area contributed by atoms with E-state index in [1.165, 1.54) is 0 Å². The Labute approximate surface area is 126 Å². The van der Waals surface area contributed by atoms with Gasteiger partial charge in [0.1, 0.15) is 5.25 Å². The van der Waals surface area contributed by atoms with Gasteiger partial charge in [-0.3, -0.25) is 4.79 Å². The Kier molecular flexibility index (Phi) is 4.03. The van der Waals surface area contributed by atoms with Crippen LogP contribution in [0.3, 0.4) is 0 Å². The summed E-state index contributed by atoms with van der Waals surface area (Å²) in [6, 6.07) is 1.82. The van der Waals surface area contributed by atoms with Crippen LogP contribution >= 0.6 is 33.3 Å². The van der Waals surface area contributed by atoms with Crippen molar-refractivity contribution >= 4 is 53.9 Å². The van der Waals surface area contributed by atoms with Gasteiger partial charge in [-0.15, -0.1) is 0 Å². The quantitative estimate of drug-likeness (QED) is 0.418.